The number of thiazole rings is 1. The fourth-order valence-electron chi connectivity index (χ4n) is 1.22. The van der Waals surface area contributed by atoms with Crippen molar-refractivity contribution in [1.82, 2.24) is 4.98 Å². The van der Waals surface area contributed by atoms with Crippen molar-refractivity contribution in [3.8, 4) is 0 Å². The van der Waals surface area contributed by atoms with E-state index in [2.05, 4.69) is 18.8 Å². The van der Waals surface area contributed by atoms with E-state index in [-0.39, 0.29) is 5.41 Å². The molecule has 1 saturated carbocycles. The molecule has 0 radical (unpaired) electrons. The Morgan fingerprint density at radius 2 is 2.31 bits per heavy atom. The number of rotatable bonds is 3. The van der Waals surface area contributed by atoms with Crippen LogP contribution in [0.2, 0.25) is 0 Å². The van der Waals surface area contributed by atoms with Crippen LogP contribution in [-0.4, -0.2) is 11.5 Å². The lowest BCUT2D eigenvalue weighted by Gasteiger charge is -2.19. The summed E-state index contributed by atoms with van der Waals surface area (Å²) in [5.74, 6) is 0.771. The van der Waals surface area contributed by atoms with Gasteiger partial charge in [-0.3, -0.25) is 0 Å². The first-order valence-corrected chi connectivity index (χ1v) is 5.61. The molecule has 0 aliphatic heterocycles. The van der Waals surface area contributed by atoms with Gasteiger partial charge in [0, 0.05) is 29.0 Å². The molecule has 0 aromatic carbocycles. The van der Waals surface area contributed by atoms with E-state index in [0.29, 0.717) is 6.54 Å². The quantitative estimate of drug-likeness (QED) is 0.805. The minimum Gasteiger partial charge on any atom is -0.330 e. The summed E-state index contributed by atoms with van der Waals surface area (Å²) in [6.45, 7) is 5.05. The van der Waals surface area contributed by atoms with Crippen LogP contribution in [0.25, 0.3) is 0 Å². The molecule has 1 aliphatic carbocycles. The maximum absolute atomic E-state index is 5.72. The molecule has 1 fully saturated rings. The second-order valence-electron chi connectivity index (χ2n) is 4.43. The molecular formula is C10H16N2S. The number of nitrogens with two attached hydrogens (primary N) is 1. The van der Waals surface area contributed by atoms with E-state index in [9.17, 15) is 0 Å². The Kier molecular flexibility index (Phi) is 2.16. The molecule has 1 heterocycles. The Balaban J connectivity index is 2.20. The molecule has 3 heteroatoms. The summed E-state index contributed by atoms with van der Waals surface area (Å²) in [5, 5.41) is 1.32. The zero-order valence-corrected chi connectivity index (χ0v) is 9.03. The zero-order chi connectivity index (χ0) is 9.47. The van der Waals surface area contributed by atoms with Crippen molar-refractivity contribution in [2.24, 2.45) is 5.73 Å². The highest BCUT2D eigenvalue weighted by molar-refractivity contribution is 7.11. The van der Waals surface area contributed by atoms with Crippen molar-refractivity contribution in [1.29, 1.82) is 0 Å². The molecule has 0 unspecified atom stereocenters. The van der Waals surface area contributed by atoms with Gasteiger partial charge in [0.25, 0.3) is 0 Å². The van der Waals surface area contributed by atoms with Gasteiger partial charge >= 0.3 is 0 Å². The summed E-state index contributed by atoms with van der Waals surface area (Å²) in [6, 6.07) is 0. The standard InChI is InChI=1S/C10H16N2S/c1-10(2,6-11)8-5-12-9(13-8)7-3-4-7/h5,7H,3-4,6,11H2,1-2H3. The lowest BCUT2D eigenvalue weighted by Crippen LogP contribution is -2.26. The van der Waals surface area contributed by atoms with Crippen molar-refractivity contribution in [2.75, 3.05) is 6.54 Å². The number of hydrogen-bond donors (Lipinski definition) is 1. The van der Waals surface area contributed by atoms with Gasteiger partial charge in [-0.1, -0.05) is 13.8 Å². The Labute approximate surface area is 83.2 Å². The maximum atomic E-state index is 5.72. The second kappa shape index (κ2) is 3.07. The number of hydrogen-bond acceptors (Lipinski definition) is 3. The van der Waals surface area contributed by atoms with Crippen LogP contribution in [0.3, 0.4) is 0 Å². The highest BCUT2D eigenvalue weighted by Crippen LogP contribution is 2.43. The lowest BCUT2D eigenvalue weighted by atomic mass is 9.93. The van der Waals surface area contributed by atoms with Gasteiger partial charge in [0.2, 0.25) is 0 Å². The summed E-state index contributed by atoms with van der Waals surface area (Å²) in [5.41, 5.74) is 5.82. The first kappa shape index (κ1) is 9.16. The molecule has 0 saturated heterocycles. The molecule has 1 aromatic rings. The molecule has 0 atom stereocenters. The summed E-state index contributed by atoms with van der Waals surface area (Å²) >= 11 is 1.84. The van der Waals surface area contributed by atoms with E-state index in [1.54, 1.807) is 0 Å². The minimum absolute atomic E-state index is 0.102. The molecule has 0 amide bonds. The normalized spacial score (nSPS) is 17.8. The van der Waals surface area contributed by atoms with E-state index >= 15 is 0 Å². The van der Waals surface area contributed by atoms with E-state index in [0.717, 1.165) is 5.92 Å². The van der Waals surface area contributed by atoms with Crippen molar-refractivity contribution < 1.29 is 0 Å². The number of nitrogens with zero attached hydrogens (tertiary/aromatic N) is 1. The highest BCUT2D eigenvalue weighted by Gasteiger charge is 2.29. The van der Waals surface area contributed by atoms with Crippen LogP contribution >= 0.6 is 11.3 Å². The molecule has 13 heavy (non-hydrogen) atoms. The van der Waals surface area contributed by atoms with Crippen LogP contribution in [0.4, 0.5) is 0 Å². The molecule has 0 spiro atoms. The molecule has 2 nitrogen and oxygen atoms in total. The SMILES string of the molecule is CC(C)(CN)c1cnc(C2CC2)s1. The van der Waals surface area contributed by atoms with Crippen molar-refractivity contribution in [3.05, 3.63) is 16.1 Å². The van der Waals surface area contributed by atoms with Crippen LogP contribution in [0, 0.1) is 0 Å². The Morgan fingerprint density at radius 1 is 1.62 bits per heavy atom. The van der Waals surface area contributed by atoms with Gasteiger partial charge in [0.15, 0.2) is 0 Å². The minimum atomic E-state index is 0.102. The van der Waals surface area contributed by atoms with Crippen molar-refractivity contribution in [3.63, 3.8) is 0 Å². The lowest BCUT2D eigenvalue weighted by molar-refractivity contribution is 0.549. The van der Waals surface area contributed by atoms with Gasteiger partial charge in [0.05, 0.1) is 5.01 Å². The fraction of sp³-hybridized carbons (Fsp3) is 0.700. The predicted molar refractivity (Wildman–Crippen MR) is 56.2 cm³/mol. The average Bonchev–Trinajstić information content (AvgIpc) is 2.83. The van der Waals surface area contributed by atoms with E-state index < -0.39 is 0 Å². The van der Waals surface area contributed by atoms with E-state index in [4.69, 9.17) is 5.73 Å². The Hall–Kier alpha value is -0.410. The van der Waals surface area contributed by atoms with Gasteiger partial charge in [-0.05, 0) is 12.8 Å². The van der Waals surface area contributed by atoms with Gasteiger partial charge in [-0.25, -0.2) is 4.98 Å². The maximum Gasteiger partial charge on any atom is 0.0958 e. The van der Waals surface area contributed by atoms with Crippen LogP contribution in [0.5, 0.6) is 0 Å². The van der Waals surface area contributed by atoms with Crippen LogP contribution in [-0.2, 0) is 5.41 Å². The predicted octanol–water partition coefficient (Wildman–Crippen LogP) is 2.26. The second-order valence-corrected chi connectivity index (χ2v) is 5.49. The molecule has 2 rings (SSSR count). The third-order valence-electron chi connectivity index (χ3n) is 2.63. The van der Waals surface area contributed by atoms with E-state index in [1.807, 2.05) is 17.5 Å². The Bertz CT molecular complexity index is 300. The number of aromatic nitrogens is 1. The van der Waals surface area contributed by atoms with Crippen LogP contribution in [0.15, 0.2) is 6.20 Å². The van der Waals surface area contributed by atoms with Gasteiger partial charge in [0.1, 0.15) is 0 Å². The third-order valence-corrected chi connectivity index (χ3v) is 4.15. The molecular weight excluding hydrogens is 180 g/mol. The monoisotopic (exact) mass is 196 g/mol. The summed E-state index contributed by atoms with van der Waals surface area (Å²) in [7, 11) is 0. The van der Waals surface area contributed by atoms with Crippen molar-refractivity contribution >= 4 is 11.3 Å². The summed E-state index contributed by atoms with van der Waals surface area (Å²) in [4.78, 5) is 5.79. The topological polar surface area (TPSA) is 38.9 Å². The summed E-state index contributed by atoms with van der Waals surface area (Å²) < 4.78 is 0. The molecule has 2 N–H and O–H groups in total. The first-order chi connectivity index (χ1) is 6.13. The van der Waals surface area contributed by atoms with Gasteiger partial charge in [-0.15, -0.1) is 11.3 Å². The van der Waals surface area contributed by atoms with E-state index in [1.165, 1.54) is 22.7 Å². The van der Waals surface area contributed by atoms with Crippen LogP contribution in [0.1, 0.15) is 42.5 Å². The smallest absolute Gasteiger partial charge is 0.0958 e. The third kappa shape index (κ3) is 1.76. The molecule has 72 valence electrons. The van der Waals surface area contributed by atoms with Crippen molar-refractivity contribution in [2.45, 2.75) is 38.0 Å². The average molecular weight is 196 g/mol. The largest absolute Gasteiger partial charge is 0.330 e. The molecule has 1 aromatic heterocycles. The Morgan fingerprint density at radius 3 is 2.85 bits per heavy atom. The van der Waals surface area contributed by atoms with Crippen LogP contribution < -0.4 is 5.73 Å². The summed E-state index contributed by atoms with van der Waals surface area (Å²) in [6.07, 6.45) is 4.66. The van der Waals surface area contributed by atoms with Gasteiger partial charge in [-0.2, -0.15) is 0 Å². The van der Waals surface area contributed by atoms with Gasteiger partial charge < -0.3 is 5.73 Å². The highest BCUT2D eigenvalue weighted by atomic mass is 32.1. The fourth-order valence-corrected chi connectivity index (χ4v) is 2.42. The molecule has 0 bridgehead atoms. The molecule has 1 aliphatic rings. The zero-order valence-electron chi connectivity index (χ0n) is 8.21. The first-order valence-electron chi connectivity index (χ1n) is 4.80.